The third-order valence-electron chi connectivity index (χ3n) is 2.56. The van der Waals surface area contributed by atoms with Crippen LogP contribution < -0.4 is 10.1 Å². The third kappa shape index (κ3) is 4.45. The van der Waals surface area contributed by atoms with Crippen LogP contribution in [0.2, 0.25) is 5.15 Å². The Bertz CT molecular complexity index is 804. The van der Waals surface area contributed by atoms with Crippen molar-refractivity contribution < 1.29 is 22.8 Å². The Balaban J connectivity index is 2.37. The number of hydrogen-bond acceptors (Lipinski definition) is 6. The smallest absolute Gasteiger partial charge is 0.406 e. The van der Waals surface area contributed by atoms with Gasteiger partial charge in [0.05, 0.1) is 10.6 Å². The number of nitrogens with zero attached hydrogens (tertiary/aromatic N) is 3. The molecule has 7 nitrogen and oxygen atoms in total. The van der Waals surface area contributed by atoms with E-state index in [9.17, 15) is 23.3 Å². The number of nitrogens with one attached hydrogen (secondary N) is 1. The summed E-state index contributed by atoms with van der Waals surface area (Å²) in [6, 6.07) is 3.33. The van der Waals surface area contributed by atoms with E-state index in [0.29, 0.717) is 0 Å². The number of alkyl halides is 3. The van der Waals surface area contributed by atoms with Gasteiger partial charge < -0.3 is 10.1 Å². The summed E-state index contributed by atoms with van der Waals surface area (Å²) in [7, 11) is 0. The molecule has 2 aromatic rings. The Morgan fingerprint density at radius 1 is 1.38 bits per heavy atom. The molecule has 24 heavy (non-hydrogen) atoms. The largest absolute Gasteiger partial charge is 0.573 e. The molecule has 0 saturated carbocycles. The monoisotopic (exact) mass is 426 g/mol. The molecule has 0 aliphatic rings. The minimum atomic E-state index is -4.83. The summed E-state index contributed by atoms with van der Waals surface area (Å²) in [6.45, 7) is 1.48. The highest BCUT2D eigenvalue weighted by Gasteiger charge is 2.31. The van der Waals surface area contributed by atoms with E-state index in [4.69, 9.17) is 11.6 Å². The van der Waals surface area contributed by atoms with E-state index in [-0.39, 0.29) is 27.0 Å². The first-order chi connectivity index (χ1) is 11.1. The number of aryl methyl sites for hydroxylation is 1. The number of benzene rings is 1. The van der Waals surface area contributed by atoms with Crippen LogP contribution in [0.4, 0.5) is 30.4 Å². The summed E-state index contributed by atoms with van der Waals surface area (Å²) in [6.07, 6.45) is -4.83. The lowest BCUT2D eigenvalue weighted by Gasteiger charge is -2.12. The highest BCUT2D eigenvalue weighted by Crippen LogP contribution is 2.36. The van der Waals surface area contributed by atoms with Gasteiger partial charge in [-0.3, -0.25) is 10.1 Å². The van der Waals surface area contributed by atoms with Crippen molar-refractivity contribution in [3.63, 3.8) is 0 Å². The average Bonchev–Trinajstić information content (AvgIpc) is 2.38. The van der Waals surface area contributed by atoms with Crippen LogP contribution in [0.25, 0.3) is 0 Å². The maximum Gasteiger partial charge on any atom is 0.573 e. The number of anilines is 2. The van der Waals surface area contributed by atoms with Crippen LogP contribution in [0, 0.1) is 17.0 Å². The van der Waals surface area contributed by atoms with E-state index in [2.05, 4.69) is 36.0 Å². The molecule has 1 aromatic carbocycles. The van der Waals surface area contributed by atoms with Crippen molar-refractivity contribution >= 4 is 44.7 Å². The topological polar surface area (TPSA) is 90.2 Å². The van der Waals surface area contributed by atoms with Gasteiger partial charge in [-0.25, -0.2) is 9.97 Å². The third-order valence-corrected chi connectivity index (χ3v) is 3.48. The first-order valence-electron chi connectivity index (χ1n) is 6.07. The van der Waals surface area contributed by atoms with Gasteiger partial charge in [0.25, 0.3) is 0 Å². The van der Waals surface area contributed by atoms with Crippen LogP contribution in [0.5, 0.6) is 5.75 Å². The van der Waals surface area contributed by atoms with Crippen LogP contribution in [0.1, 0.15) is 5.82 Å². The zero-order chi connectivity index (χ0) is 18.1. The number of rotatable bonds is 4. The molecule has 12 heteroatoms. The van der Waals surface area contributed by atoms with E-state index < -0.39 is 22.7 Å². The van der Waals surface area contributed by atoms with E-state index in [0.717, 1.165) is 12.1 Å². The molecule has 0 bridgehead atoms. The zero-order valence-corrected chi connectivity index (χ0v) is 14.0. The molecule has 0 aliphatic heterocycles. The molecule has 0 amide bonds. The van der Waals surface area contributed by atoms with Gasteiger partial charge in [0.2, 0.25) is 11.0 Å². The summed E-state index contributed by atoms with van der Waals surface area (Å²) < 4.78 is 40.5. The van der Waals surface area contributed by atoms with Crippen LogP contribution in [-0.2, 0) is 0 Å². The lowest BCUT2D eigenvalue weighted by atomic mass is 10.3. The molecule has 0 fully saturated rings. The van der Waals surface area contributed by atoms with Gasteiger partial charge in [0.1, 0.15) is 11.6 Å². The minimum Gasteiger partial charge on any atom is -0.406 e. The fourth-order valence-electron chi connectivity index (χ4n) is 1.70. The normalized spacial score (nSPS) is 11.2. The molecule has 128 valence electrons. The van der Waals surface area contributed by atoms with Crippen molar-refractivity contribution in [3.05, 3.63) is 43.8 Å². The van der Waals surface area contributed by atoms with E-state index in [1.54, 1.807) is 0 Å². The van der Waals surface area contributed by atoms with Gasteiger partial charge in [0.15, 0.2) is 0 Å². The first kappa shape index (κ1) is 18.2. The standard InChI is InChI=1S/C12H7BrClF3N4O3/c1-5-18-10(14)9(21(22)23)11(19-5)20-8-3-2-6(4-7(8)13)24-12(15,16)17/h2-4H,1H3,(H,18,19,20). The Morgan fingerprint density at radius 2 is 2.04 bits per heavy atom. The van der Waals surface area contributed by atoms with Crippen LogP contribution >= 0.6 is 27.5 Å². The quantitative estimate of drug-likeness (QED) is 0.430. The molecule has 0 atom stereocenters. The van der Waals surface area contributed by atoms with Crippen LogP contribution in [0.3, 0.4) is 0 Å². The Kier molecular flexibility index (Phi) is 5.13. The molecule has 0 spiro atoms. The van der Waals surface area contributed by atoms with E-state index in [1.807, 2.05) is 0 Å². The average molecular weight is 428 g/mol. The molecule has 0 unspecified atom stereocenters. The molecule has 1 N–H and O–H groups in total. The SMILES string of the molecule is Cc1nc(Cl)c([N+](=O)[O-])c(Nc2ccc(OC(F)(F)F)cc2Br)n1. The summed E-state index contributed by atoms with van der Waals surface area (Å²) in [5.74, 6) is -0.463. The summed E-state index contributed by atoms with van der Waals surface area (Å²) >= 11 is 8.80. The van der Waals surface area contributed by atoms with Gasteiger partial charge >= 0.3 is 12.0 Å². The van der Waals surface area contributed by atoms with Gasteiger partial charge in [-0.15, -0.1) is 13.2 Å². The Labute approximate surface area is 146 Å². The van der Waals surface area contributed by atoms with E-state index >= 15 is 0 Å². The number of nitro groups is 1. The van der Waals surface area contributed by atoms with Crippen molar-refractivity contribution in [3.8, 4) is 5.75 Å². The predicted molar refractivity (Wildman–Crippen MR) is 82.5 cm³/mol. The molecule has 1 heterocycles. The number of ether oxygens (including phenoxy) is 1. The maximum absolute atomic E-state index is 12.2. The molecule has 1 aromatic heterocycles. The maximum atomic E-state index is 12.2. The lowest BCUT2D eigenvalue weighted by molar-refractivity contribution is -0.384. The lowest BCUT2D eigenvalue weighted by Crippen LogP contribution is -2.17. The molecule has 2 rings (SSSR count). The van der Waals surface area contributed by atoms with Gasteiger partial charge in [-0.2, -0.15) is 0 Å². The highest BCUT2D eigenvalue weighted by molar-refractivity contribution is 9.10. The highest BCUT2D eigenvalue weighted by atomic mass is 79.9. The fraction of sp³-hybridized carbons (Fsp3) is 0.167. The predicted octanol–water partition coefficient (Wildman–Crippen LogP) is 4.75. The molecule has 0 radical (unpaired) electrons. The van der Waals surface area contributed by atoms with Crippen molar-refractivity contribution in [2.24, 2.45) is 0 Å². The molecular formula is C12H7BrClF3N4O3. The molecular weight excluding hydrogens is 421 g/mol. The van der Waals surface area contributed by atoms with Crippen LogP contribution in [-0.4, -0.2) is 21.3 Å². The molecule has 0 aliphatic carbocycles. The van der Waals surface area contributed by atoms with Crippen LogP contribution in [0.15, 0.2) is 22.7 Å². The van der Waals surface area contributed by atoms with Crippen molar-refractivity contribution in [2.75, 3.05) is 5.32 Å². The number of aromatic nitrogens is 2. The number of halogens is 5. The Hall–Kier alpha value is -2.14. The second-order valence-electron chi connectivity index (χ2n) is 4.33. The summed E-state index contributed by atoms with van der Waals surface area (Å²) in [5.41, 5.74) is -0.327. The fourth-order valence-corrected chi connectivity index (χ4v) is 2.44. The second-order valence-corrected chi connectivity index (χ2v) is 5.54. The second kappa shape index (κ2) is 6.77. The van der Waals surface area contributed by atoms with Gasteiger partial charge in [0, 0.05) is 4.47 Å². The van der Waals surface area contributed by atoms with E-state index in [1.165, 1.54) is 13.0 Å². The van der Waals surface area contributed by atoms with Gasteiger partial charge in [-0.05, 0) is 41.1 Å². The van der Waals surface area contributed by atoms with Crippen molar-refractivity contribution in [1.29, 1.82) is 0 Å². The molecule has 0 saturated heterocycles. The number of hydrogen-bond donors (Lipinski definition) is 1. The van der Waals surface area contributed by atoms with Gasteiger partial charge in [-0.1, -0.05) is 11.6 Å². The zero-order valence-electron chi connectivity index (χ0n) is 11.7. The Morgan fingerprint density at radius 3 is 2.58 bits per heavy atom. The summed E-state index contributed by atoms with van der Waals surface area (Å²) in [5, 5.41) is 13.4. The summed E-state index contributed by atoms with van der Waals surface area (Å²) in [4.78, 5) is 17.9. The minimum absolute atomic E-state index is 0.172. The van der Waals surface area contributed by atoms with Crippen molar-refractivity contribution in [2.45, 2.75) is 13.3 Å². The first-order valence-corrected chi connectivity index (χ1v) is 7.25. The van der Waals surface area contributed by atoms with Crippen molar-refractivity contribution in [1.82, 2.24) is 9.97 Å².